The van der Waals surface area contributed by atoms with E-state index in [9.17, 15) is 8.42 Å². The molecule has 28 heavy (non-hydrogen) atoms. The van der Waals surface area contributed by atoms with E-state index >= 15 is 0 Å². The van der Waals surface area contributed by atoms with E-state index in [1.54, 1.807) is 13.1 Å². The summed E-state index contributed by atoms with van der Waals surface area (Å²) in [6.45, 7) is 5.15. The first kappa shape index (κ1) is 21.8. The van der Waals surface area contributed by atoms with Gasteiger partial charge in [-0.1, -0.05) is 18.2 Å². The van der Waals surface area contributed by atoms with Crippen LogP contribution in [0, 0.1) is 13.8 Å². The van der Waals surface area contributed by atoms with E-state index in [1.165, 1.54) is 23.1 Å². The van der Waals surface area contributed by atoms with Crippen LogP contribution in [-0.4, -0.2) is 41.8 Å². The number of hydrogen-bond donors (Lipinski definition) is 2. The lowest BCUT2D eigenvalue weighted by atomic mass is 10.1. The molecular formula is C21H30N4O2S. The molecule has 0 heterocycles. The zero-order valence-electron chi connectivity index (χ0n) is 17.5. The van der Waals surface area contributed by atoms with E-state index < -0.39 is 9.84 Å². The van der Waals surface area contributed by atoms with E-state index in [-0.39, 0.29) is 0 Å². The topological polar surface area (TPSA) is 73.8 Å². The quantitative estimate of drug-likeness (QED) is 0.574. The first-order valence-electron chi connectivity index (χ1n) is 9.12. The van der Waals surface area contributed by atoms with Gasteiger partial charge in [-0.05, 0) is 54.3 Å². The van der Waals surface area contributed by atoms with Gasteiger partial charge in [0.25, 0.3) is 0 Å². The number of nitrogens with one attached hydrogen (secondary N) is 2. The maximum Gasteiger partial charge on any atom is 0.191 e. The van der Waals surface area contributed by atoms with Crippen molar-refractivity contribution < 1.29 is 8.42 Å². The van der Waals surface area contributed by atoms with Crippen molar-refractivity contribution in [2.24, 2.45) is 4.99 Å². The highest BCUT2D eigenvalue weighted by molar-refractivity contribution is 7.90. The highest BCUT2D eigenvalue weighted by Gasteiger charge is 2.11. The summed E-state index contributed by atoms with van der Waals surface area (Å²) in [5.74, 6) is 0.695. The fraction of sp³-hybridized carbons (Fsp3) is 0.381. The maximum absolute atomic E-state index is 11.7. The molecule has 0 aliphatic carbocycles. The second-order valence-corrected chi connectivity index (χ2v) is 9.14. The van der Waals surface area contributed by atoms with Gasteiger partial charge in [-0.2, -0.15) is 0 Å². The second kappa shape index (κ2) is 9.10. The molecule has 2 rings (SSSR count). The molecule has 0 aromatic heterocycles. The lowest BCUT2D eigenvalue weighted by molar-refractivity contribution is 0.601. The standard InChI is InChI=1S/C21H30N4O2S/c1-15-12-19(25(4)5)9-8-18(15)14-24-21(22-3)23-13-17-7-10-20(16(2)11-17)28(6,26)27/h7-12H,13-14H2,1-6H3,(H2,22,23,24). The van der Waals surface area contributed by atoms with Gasteiger partial charge in [0.05, 0.1) is 4.90 Å². The van der Waals surface area contributed by atoms with E-state index in [2.05, 4.69) is 45.6 Å². The predicted molar refractivity (Wildman–Crippen MR) is 117 cm³/mol. The van der Waals surface area contributed by atoms with Gasteiger partial charge in [0.2, 0.25) is 0 Å². The third-order valence-corrected chi connectivity index (χ3v) is 5.87. The molecule has 2 N–H and O–H groups in total. The Balaban J connectivity index is 1.98. The Labute approximate surface area is 168 Å². The number of nitrogens with zero attached hydrogens (tertiary/aromatic N) is 2. The number of sulfone groups is 1. The highest BCUT2D eigenvalue weighted by Crippen LogP contribution is 2.18. The van der Waals surface area contributed by atoms with Crippen molar-refractivity contribution in [1.82, 2.24) is 10.6 Å². The van der Waals surface area contributed by atoms with Crippen LogP contribution in [0.25, 0.3) is 0 Å². The monoisotopic (exact) mass is 402 g/mol. The highest BCUT2D eigenvalue weighted by atomic mass is 32.2. The average Bonchev–Trinajstić information content (AvgIpc) is 2.61. The van der Waals surface area contributed by atoms with E-state index in [0.29, 0.717) is 23.9 Å². The van der Waals surface area contributed by atoms with Gasteiger partial charge in [-0.3, -0.25) is 4.99 Å². The molecule has 0 unspecified atom stereocenters. The Morgan fingerprint density at radius 2 is 1.68 bits per heavy atom. The van der Waals surface area contributed by atoms with Crippen molar-refractivity contribution >= 4 is 21.5 Å². The molecule has 0 saturated heterocycles. The lowest BCUT2D eigenvalue weighted by Crippen LogP contribution is -2.36. The first-order chi connectivity index (χ1) is 13.1. The molecule has 0 aliphatic rings. The first-order valence-corrected chi connectivity index (χ1v) is 11.0. The number of benzene rings is 2. The fourth-order valence-corrected chi connectivity index (χ4v) is 3.94. The number of rotatable bonds is 6. The minimum Gasteiger partial charge on any atom is -0.378 e. The van der Waals surface area contributed by atoms with Crippen LogP contribution in [0.15, 0.2) is 46.3 Å². The Hall–Kier alpha value is -2.54. The zero-order valence-corrected chi connectivity index (χ0v) is 18.3. The van der Waals surface area contributed by atoms with Crippen LogP contribution in [0.2, 0.25) is 0 Å². The van der Waals surface area contributed by atoms with Gasteiger partial charge in [0.1, 0.15) is 0 Å². The van der Waals surface area contributed by atoms with Gasteiger partial charge in [0.15, 0.2) is 15.8 Å². The molecule has 2 aromatic rings. The van der Waals surface area contributed by atoms with Gasteiger partial charge in [-0.25, -0.2) is 8.42 Å². The Morgan fingerprint density at radius 3 is 2.21 bits per heavy atom. The van der Waals surface area contributed by atoms with Crippen LogP contribution in [0.5, 0.6) is 0 Å². The summed E-state index contributed by atoms with van der Waals surface area (Å²) in [6.07, 6.45) is 1.23. The van der Waals surface area contributed by atoms with Crippen LogP contribution in [0.1, 0.15) is 22.3 Å². The van der Waals surface area contributed by atoms with Gasteiger partial charge in [-0.15, -0.1) is 0 Å². The molecule has 2 aromatic carbocycles. The van der Waals surface area contributed by atoms with E-state index in [1.807, 2.05) is 33.2 Å². The average molecular weight is 403 g/mol. The Kier molecular flexibility index (Phi) is 7.07. The molecule has 0 spiro atoms. The SMILES string of the molecule is CN=C(NCc1ccc(S(C)(=O)=O)c(C)c1)NCc1ccc(N(C)C)cc1C. The minimum absolute atomic E-state index is 0.371. The van der Waals surface area contributed by atoms with Crippen LogP contribution >= 0.6 is 0 Å². The van der Waals surface area contributed by atoms with Gasteiger partial charge >= 0.3 is 0 Å². The number of anilines is 1. The summed E-state index contributed by atoms with van der Waals surface area (Å²) in [6, 6.07) is 11.8. The predicted octanol–water partition coefficient (Wildman–Crippen LogP) is 2.64. The molecular weight excluding hydrogens is 372 g/mol. The van der Waals surface area contributed by atoms with Crippen molar-refractivity contribution in [3.63, 3.8) is 0 Å². The summed E-state index contributed by atoms with van der Waals surface area (Å²) in [7, 11) is 2.59. The molecule has 7 heteroatoms. The van der Waals surface area contributed by atoms with Gasteiger partial charge in [0, 0.05) is 46.2 Å². The third kappa shape index (κ3) is 5.73. The number of guanidine groups is 1. The van der Waals surface area contributed by atoms with E-state index in [4.69, 9.17) is 0 Å². The molecule has 0 atom stereocenters. The van der Waals surface area contributed by atoms with Crippen molar-refractivity contribution in [2.75, 3.05) is 32.3 Å². The number of aliphatic imine (C=N–C) groups is 1. The largest absolute Gasteiger partial charge is 0.378 e. The van der Waals surface area contributed by atoms with Crippen molar-refractivity contribution in [1.29, 1.82) is 0 Å². The molecule has 0 radical (unpaired) electrons. The minimum atomic E-state index is -3.20. The number of hydrogen-bond acceptors (Lipinski definition) is 4. The molecule has 0 aliphatic heterocycles. The molecule has 6 nitrogen and oxygen atoms in total. The normalized spacial score (nSPS) is 12.0. The fourth-order valence-electron chi connectivity index (χ4n) is 2.98. The summed E-state index contributed by atoms with van der Waals surface area (Å²) >= 11 is 0. The molecule has 0 bridgehead atoms. The van der Waals surface area contributed by atoms with Crippen LogP contribution in [-0.2, 0) is 22.9 Å². The van der Waals surface area contributed by atoms with Crippen LogP contribution in [0.4, 0.5) is 5.69 Å². The summed E-state index contributed by atoms with van der Waals surface area (Å²) < 4.78 is 23.5. The smallest absolute Gasteiger partial charge is 0.191 e. The van der Waals surface area contributed by atoms with Crippen molar-refractivity contribution in [2.45, 2.75) is 31.8 Å². The Morgan fingerprint density at radius 1 is 1.00 bits per heavy atom. The van der Waals surface area contributed by atoms with Crippen molar-refractivity contribution in [3.05, 3.63) is 58.7 Å². The Bertz CT molecular complexity index is 966. The summed E-state index contributed by atoms with van der Waals surface area (Å²) in [5, 5.41) is 6.60. The molecule has 0 fully saturated rings. The van der Waals surface area contributed by atoms with E-state index in [0.717, 1.165) is 11.1 Å². The summed E-state index contributed by atoms with van der Waals surface area (Å²) in [4.78, 5) is 6.72. The lowest BCUT2D eigenvalue weighted by Gasteiger charge is -2.17. The van der Waals surface area contributed by atoms with Crippen LogP contribution < -0.4 is 15.5 Å². The second-order valence-electron chi connectivity index (χ2n) is 7.16. The summed E-state index contributed by atoms with van der Waals surface area (Å²) in [5.41, 5.74) is 5.36. The van der Waals surface area contributed by atoms with Gasteiger partial charge < -0.3 is 15.5 Å². The molecule has 0 saturated carbocycles. The molecule has 0 amide bonds. The maximum atomic E-state index is 11.7. The molecule has 152 valence electrons. The third-order valence-electron chi connectivity index (χ3n) is 4.61. The number of aryl methyl sites for hydroxylation is 2. The van der Waals surface area contributed by atoms with Crippen LogP contribution in [0.3, 0.4) is 0 Å². The zero-order chi connectivity index (χ0) is 20.9. The van der Waals surface area contributed by atoms with Crippen molar-refractivity contribution in [3.8, 4) is 0 Å².